The number of sulfonamides is 1. The summed E-state index contributed by atoms with van der Waals surface area (Å²) in [6.07, 6.45) is 2.55. The molecule has 0 atom stereocenters. The SMILES string of the molecule is O=C(NC1CCN(S(=O)(=O)c2cc(Cl)c(OC3CCNCC3)c(Cl)c2)CC1)c1ccc(Cl)c(Cl)c1. The van der Waals surface area contributed by atoms with Gasteiger partial charge in [-0.05, 0) is 69.1 Å². The van der Waals surface area contributed by atoms with Gasteiger partial charge in [0.05, 0.1) is 25.0 Å². The van der Waals surface area contributed by atoms with Crippen LogP contribution in [0.2, 0.25) is 20.1 Å². The molecule has 2 fully saturated rings. The van der Waals surface area contributed by atoms with Crippen molar-refractivity contribution in [1.29, 1.82) is 0 Å². The summed E-state index contributed by atoms with van der Waals surface area (Å²) in [5, 5.41) is 7.18. The second-order valence-electron chi connectivity index (χ2n) is 8.56. The minimum Gasteiger partial charge on any atom is -0.487 e. The number of hydrogen-bond acceptors (Lipinski definition) is 5. The highest BCUT2D eigenvalue weighted by molar-refractivity contribution is 7.89. The van der Waals surface area contributed by atoms with Crippen molar-refractivity contribution in [2.75, 3.05) is 26.2 Å². The number of carbonyl (C=O) groups excluding carboxylic acids is 1. The fourth-order valence-corrected chi connectivity index (χ4v) is 6.70. The number of carbonyl (C=O) groups is 1. The van der Waals surface area contributed by atoms with E-state index in [2.05, 4.69) is 10.6 Å². The van der Waals surface area contributed by atoms with Crippen molar-refractivity contribution in [3.05, 3.63) is 56.0 Å². The Kier molecular flexibility index (Phi) is 8.74. The molecule has 2 N–H and O–H groups in total. The fraction of sp³-hybridized carbons (Fsp3) is 0.435. The van der Waals surface area contributed by atoms with Gasteiger partial charge in [-0.15, -0.1) is 0 Å². The van der Waals surface area contributed by atoms with Gasteiger partial charge in [0.15, 0.2) is 5.75 Å². The van der Waals surface area contributed by atoms with Gasteiger partial charge < -0.3 is 15.4 Å². The molecule has 12 heteroatoms. The van der Waals surface area contributed by atoms with Crippen LogP contribution in [0.25, 0.3) is 0 Å². The van der Waals surface area contributed by atoms with Crippen molar-refractivity contribution in [2.24, 2.45) is 0 Å². The summed E-state index contributed by atoms with van der Waals surface area (Å²) in [5.74, 6) is 0.0238. The molecule has 0 aromatic heterocycles. The van der Waals surface area contributed by atoms with Crippen molar-refractivity contribution in [3.63, 3.8) is 0 Å². The maximum absolute atomic E-state index is 13.3. The summed E-state index contributed by atoms with van der Waals surface area (Å²) in [5.41, 5.74) is 0.394. The smallest absolute Gasteiger partial charge is 0.251 e. The van der Waals surface area contributed by atoms with Gasteiger partial charge in [-0.1, -0.05) is 46.4 Å². The summed E-state index contributed by atoms with van der Waals surface area (Å²) in [6.45, 7) is 2.18. The van der Waals surface area contributed by atoms with Crippen molar-refractivity contribution in [2.45, 2.75) is 42.7 Å². The Bertz CT molecular complexity index is 1170. The van der Waals surface area contributed by atoms with Gasteiger partial charge in [0.2, 0.25) is 10.0 Å². The van der Waals surface area contributed by atoms with Gasteiger partial charge in [-0.25, -0.2) is 8.42 Å². The molecule has 2 heterocycles. The summed E-state index contributed by atoms with van der Waals surface area (Å²) in [6, 6.07) is 7.26. The van der Waals surface area contributed by atoms with Gasteiger partial charge in [0.25, 0.3) is 5.91 Å². The standard InChI is InChI=1S/C23H25Cl4N3O4S/c24-18-2-1-14(11-19(18)25)23(31)29-15-5-9-30(10-6-15)35(32,33)17-12-20(26)22(21(27)13-17)34-16-3-7-28-8-4-16/h1-2,11-13,15-16,28H,3-10H2,(H,29,31). The molecule has 7 nitrogen and oxygen atoms in total. The van der Waals surface area contributed by atoms with E-state index in [9.17, 15) is 13.2 Å². The Hall–Kier alpha value is -1.26. The van der Waals surface area contributed by atoms with E-state index in [0.717, 1.165) is 25.9 Å². The van der Waals surface area contributed by atoms with Gasteiger partial charge in [-0.3, -0.25) is 4.79 Å². The summed E-state index contributed by atoms with van der Waals surface area (Å²) < 4.78 is 33.9. The van der Waals surface area contributed by atoms with E-state index in [-0.39, 0.29) is 46.1 Å². The monoisotopic (exact) mass is 579 g/mol. The minimum absolute atomic E-state index is 0.0171. The molecule has 1 amide bonds. The van der Waals surface area contributed by atoms with Crippen LogP contribution >= 0.6 is 46.4 Å². The number of rotatable bonds is 6. The van der Waals surface area contributed by atoms with Gasteiger partial charge >= 0.3 is 0 Å². The third-order valence-electron chi connectivity index (χ3n) is 6.15. The molecule has 4 rings (SSSR count). The van der Waals surface area contributed by atoms with E-state index in [4.69, 9.17) is 51.1 Å². The quantitative estimate of drug-likeness (QED) is 0.501. The third kappa shape index (κ3) is 6.36. The lowest BCUT2D eigenvalue weighted by atomic mass is 10.1. The lowest BCUT2D eigenvalue weighted by molar-refractivity contribution is 0.0924. The zero-order valence-electron chi connectivity index (χ0n) is 18.7. The maximum Gasteiger partial charge on any atom is 0.251 e. The normalized spacial score (nSPS) is 18.4. The number of benzene rings is 2. The van der Waals surface area contributed by atoms with Gasteiger partial charge in [0.1, 0.15) is 6.10 Å². The molecule has 0 radical (unpaired) electrons. The Balaban J connectivity index is 1.39. The second-order valence-corrected chi connectivity index (χ2v) is 12.1. The molecule has 0 spiro atoms. The Morgan fingerprint density at radius 2 is 1.54 bits per heavy atom. The van der Waals surface area contributed by atoms with Crippen LogP contribution < -0.4 is 15.4 Å². The van der Waals surface area contributed by atoms with E-state index >= 15 is 0 Å². The molecule has 2 aromatic carbocycles. The van der Waals surface area contributed by atoms with Crippen LogP contribution in [0, 0.1) is 0 Å². The average Bonchev–Trinajstić information content (AvgIpc) is 2.84. The molecule has 0 unspecified atom stereocenters. The number of nitrogens with zero attached hydrogens (tertiary/aromatic N) is 1. The Morgan fingerprint density at radius 3 is 2.14 bits per heavy atom. The lowest BCUT2D eigenvalue weighted by Gasteiger charge is -2.32. The van der Waals surface area contributed by atoms with Crippen LogP contribution in [0.4, 0.5) is 0 Å². The van der Waals surface area contributed by atoms with E-state index in [1.807, 2.05) is 0 Å². The zero-order valence-corrected chi connectivity index (χ0v) is 22.5. The number of nitrogens with one attached hydrogen (secondary N) is 2. The number of ether oxygens (including phenoxy) is 1. The highest BCUT2D eigenvalue weighted by Crippen LogP contribution is 2.38. The molecule has 0 aliphatic carbocycles. The molecule has 190 valence electrons. The molecule has 2 aliphatic rings. The minimum atomic E-state index is -3.82. The van der Waals surface area contributed by atoms with Crippen LogP contribution in [0.15, 0.2) is 35.2 Å². The predicted octanol–water partition coefficient (Wildman–Crippen LogP) is 5.01. The van der Waals surface area contributed by atoms with Crippen LogP contribution in [-0.4, -0.2) is 57.0 Å². The summed E-state index contributed by atoms with van der Waals surface area (Å²) in [4.78, 5) is 12.6. The van der Waals surface area contributed by atoms with Crippen molar-refractivity contribution in [1.82, 2.24) is 14.9 Å². The average molecular weight is 581 g/mol. The highest BCUT2D eigenvalue weighted by atomic mass is 35.5. The molecule has 0 bridgehead atoms. The van der Waals surface area contributed by atoms with E-state index in [1.54, 1.807) is 12.1 Å². The van der Waals surface area contributed by atoms with Crippen molar-refractivity contribution in [3.8, 4) is 5.75 Å². The predicted molar refractivity (Wildman–Crippen MR) is 139 cm³/mol. The highest BCUT2D eigenvalue weighted by Gasteiger charge is 2.31. The molecular formula is C23H25Cl4N3O4S. The number of amides is 1. The molecular weight excluding hydrogens is 556 g/mol. The fourth-order valence-electron chi connectivity index (χ4n) is 4.17. The molecule has 2 saturated heterocycles. The molecule has 2 aliphatic heterocycles. The number of hydrogen-bond donors (Lipinski definition) is 2. The zero-order chi connectivity index (χ0) is 25.2. The Morgan fingerprint density at radius 1 is 0.914 bits per heavy atom. The van der Waals surface area contributed by atoms with Crippen molar-refractivity contribution < 1.29 is 17.9 Å². The van der Waals surface area contributed by atoms with Gasteiger partial charge in [-0.2, -0.15) is 4.31 Å². The van der Waals surface area contributed by atoms with Gasteiger partial charge in [0, 0.05) is 24.7 Å². The first kappa shape index (κ1) is 26.8. The van der Waals surface area contributed by atoms with Crippen LogP contribution in [-0.2, 0) is 10.0 Å². The summed E-state index contributed by atoms with van der Waals surface area (Å²) in [7, 11) is -3.82. The number of piperidine rings is 2. The third-order valence-corrected chi connectivity index (χ3v) is 9.33. The van der Waals surface area contributed by atoms with Crippen molar-refractivity contribution >= 4 is 62.3 Å². The van der Waals surface area contributed by atoms with Crippen LogP contribution in [0.5, 0.6) is 5.75 Å². The second kappa shape index (κ2) is 11.4. The first-order valence-electron chi connectivity index (χ1n) is 11.3. The maximum atomic E-state index is 13.3. The van der Waals surface area contributed by atoms with Crippen LogP contribution in [0.1, 0.15) is 36.0 Å². The lowest BCUT2D eigenvalue weighted by Crippen LogP contribution is -2.46. The van der Waals surface area contributed by atoms with Crippen LogP contribution in [0.3, 0.4) is 0 Å². The van der Waals surface area contributed by atoms with E-state index in [1.165, 1.54) is 22.5 Å². The molecule has 0 saturated carbocycles. The Labute approximate surface area is 225 Å². The number of halogens is 4. The molecule has 35 heavy (non-hydrogen) atoms. The topological polar surface area (TPSA) is 87.7 Å². The van der Waals surface area contributed by atoms with E-state index < -0.39 is 10.0 Å². The summed E-state index contributed by atoms with van der Waals surface area (Å²) >= 11 is 24.7. The largest absolute Gasteiger partial charge is 0.487 e. The first-order valence-corrected chi connectivity index (χ1v) is 14.2. The van der Waals surface area contributed by atoms with E-state index in [0.29, 0.717) is 34.2 Å². The first-order chi connectivity index (χ1) is 16.6. The molecule has 2 aromatic rings.